The lowest BCUT2D eigenvalue weighted by atomic mass is 10.1. The number of hydrogen-bond acceptors (Lipinski definition) is 7. The molecule has 0 spiro atoms. The van der Waals surface area contributed by atoms with Crippen LogP contribution in [0.1, 0.15) is 21.6 Å². The van der Waals surface area contributed by atoms with Crippen LogP contribution in [0.2, 0.25) is 0 Å². The van der Waals surface area contributed by atoms with Gasteiger partial charge in [0.25, 0.3) is 11.6 Å². The number of nitrogens with one attached hydrogen (secondary N) is 1. The number of carbonyl (C=O) groups is 2. The number of esters is 1. The summed E-state index contributed by atoms with van der Waals surface area (Å²) in [6.07, 6.45) is 0. The number of aromatic nitrogens is 1. The zero-order valence-corrected chi connectivity index (χ0v) is 16.5. The highest BCUT2D eigenvalue weighted by Gasteiger charge is 2.21. The monoisotopic (exact) mass is 411 g/mol. The van der Waals surface area contributed by atoms with E-state index in [2.05, 4.69) is 10.3 Å². The Morgan fingerprint density at radius 1 is 1.17 bits per heavy atom. The van der Waals surface area contributed by atoms with Gasteiger partial charge in [0.05, 0.1) is 4.92 Å². The average molecular weight is 411 g/mol. The predicted octanol–water partition coefficient (Wildman–Crippen LogP) is 4.13. The summed E-state index contributed by atoms with van der Waals surface area (Å²) in [5, 5.41) is 15.9. The molecule has 3 aromatic rings. The maximum absolute atomic E-state index is 12.2. The topological polar surface area (TPSA) is 111 Å². The Balaban J connectivity index is 1.65. The van der Waals surface area contributed by atoms with Gasteiger partial charge in [0.1, 0.15) is 10.7 Å². The predicted molar refractivity (Wildman–Crippen MR) is 109 cm³/mol. The molecule has 0 radical (unpaired) electrons. The molecular formula is C20H17N3O5S. The highest BCUT2D eigenvalue weighted by molar-refractivity contribution is 7.13. The molecule has 9 heteroatoms. The minimum absolute atomic E-state index is 0.0936. The van der Waals surface area contributed by atoms with Gasteiger partial charge in [-0.25, -0.2) is 9.78 Å². The minimum atomic E-state index is -0.742. The molecule has 1 amide bonds. The van der Waals surface area contributed by atoms with E-state index in [1.807, 2.05) is 30.3 Å². The Hall–Kier alpha value is -3.59. The van der Waals surface area contributed by atoms with E-state index < -0.39 is 23.4 Å². The summed E-state index contributed by atoms with van der Waals surface area (Å²) in [4.78, 5) is 39.2. The van der Waals surface area contributed by atoms with Crippen molar-refractivity contribution in [1.82, 2.24) is 4.98 Å². The van der Waals surface area contributed by atoms with Gasteiger partial charge in [-0.15, -0.1) is 11.3 Å². The Bertz CT molecular complexity index is 1080. The van der Waals surface area contributed by atoms with Gasteiger partial charge in [-0.1, -0.05) is 36.4 Å². The van der Waals surface area contributed by atoms with Crippen molar-refractivity contribution in [3.63, 3.8) is 0 Å². The number of hydrogen-bond donors (Lipinski definition) is 1. The van der Waals surface area contributed by atoms with Crippen molar-refractivity contribution in [1.29, 1.82) is 0 Å². The number of rotatable bonds is 6. The second-order valence-electron chi connectivity index (χ2n) is 6.19. The fourth-order valence-corrected chi connectivity index (χ4v) is 3.37. The zero-order chi connectivity index (χ0) is 21.0. The first kappa shape index (κ1) is 20.2. The Morgan fingerprint density at radius 3 is 2.59 bits per heavy atom. The molecule has 0 bridgehead atoms. The molecule has 0 aliphatic carbocycles. The van der Waals surface area contributed by atoms with Crippen LogP contribution in [0.25, 0.3) is 10.6 Å². The molecule has 0 saturated carbocycles. The number of carbonyl (C=O) groups excluding carboxylic acids is 2. The molecule has 148 valence electrons. The standard InChI is InChI=1S/C20H17N3O5S/c1-12-8-9-16(23(26)27)18(13(12)2)22-17(24)10-28-20(25)15-11-29-19(21-15)14-6-4-3-5-7-14/h3-9,11H,10H2,1-2H3,(H,22,24). The maximum atomic E-state index is 12.2. The van der Waals surface area contributed by atoms with Gasteiger partial charge in [0, 0.05) is 17.0 Å². The van der Waals surface area contributed by atoms with E-state index in [9.17, 15) is 19.7 Å². The number of amides is 1. The summed E-state index contributed by atoms with van der Waals surface area (Å²) in [6.45, 7) is 2.87. The van der Waals surface area contributed by atoms with E-state index in [4.69, 9.17) is 4.74 Å². The average Bonchev–Trinajstić information content (AvgIpc) is 3.20. The van der Waals surface area contributed by atoms with Crippen molar-refractivity contribution < 1.29 is 19.2 Å². The summed E-state index contributed by atoms with van der Waals surface area (Å²) in [6, 6.07) is 12.3. The summed E-state index contributed by atoms with van der Waals surface area (Å²) in [5.41, 5.74) is 2.21. The first-order chi connectivity index (χ1) is 13.9. The van der Waals surface area contributed by atoms with Crippen molar-refractivity contribution in [3.8, 4) is 10.6 Å². The van der Waals surface area contributed by atoms with Crippen molar-refractivity contribution in [2.75, 3.05) is 11.9 Å². The molecule has 1 aromatic heterocycles. The number of nitrogens with zero attached hydrogens (tertiary/aromatic N) is 2. The van der Waals surface area contributed by atoms with E-state index in [0.717, 1.165) is 11.1 Å². The van der Waals surface area contributed by atoms with Gasteiger partial charge in [0.2, 0.25) is 0 Å². The normalized spacial score (nSPS) is 10.4. The van der Waals surface area contributed by atoms with Gasteiger partial charge in [0.15, 0.2) is 12.3 Å². The Kier molecular flexibility index (Phi) is 5.99. The van der Waals surface area contributed by atoms with Gasteiger partial charge in [-0.2, -0.15) is 0 Å². The fraction of sp³-hybridized carbons (Fsp3) is 0.150. The van der Waals surface area contributed by atoms with Crippen LogP contribution in [-0.2, 0) is 9.53 Å². The molecule has 0 fully saturated rings. The van der Waals surface area contributed by atoms with Crippen LogP contribution in [0.15, 0.2) is 47.8 Å². The third kappa shape index (κ3) is 4.64. The second kappa shape index (κ2) is 8.61. The smallest absolute Gasteiger partial charge is 0.358 e. The summed E-state index contributed by atoms with van der Waals surface area (Å²) in [7, 11) is 0. The highest BCUT2D eigenvalue weighted by Crippen LogP contribution is 2.30. The van der Waals surface area contributed by atoms with Crippen LogP contribution in [0.5, 0.6) is 0 Å². The molecule has 0 aliphatic heterocycles. The minimum Gasteiger partial charge on any atom is -0.451 e. The van der Waals surface area contributed by atoms with E-state index in [1.54, 1.807) is 25.3 Å². The quantitative estimate of drug-likeness (QED) is 0.371. The van der Waals surface area contributed by atoms with Crippen LogP contribution in [0.3, 0.4) is 0 Å². The van der Waals surface area contributed by atoms with Gasteiger partial charge in [-0.3, -0.25) is 14.9 Å². The number of benzene rings is 2. The molecule has 0 saturated heterocycles. The van der Waals surface area contributed by atoms with Crippen molar-refractivity contribution >= 4 is 34.6 Å². The lowest BCUT2D eigenvalue weighted by Crippen LogP contribution is -2.22. The van der Waals surface area contributed by atoms with E-state index >= 15 is 0 Å². The van der Waals surface area contributed by atoms with E-state index in [1.165, 1.54) is 17.4 Å². The third-order valence-corrected chi connectivity index (χ3v) is 5.13. The van der Waals surface area contributed by atoms with Crippen LogP contribution in [-0.4, -0.2) is 28.4 Å². The maximum Gasteiger partial charge on any atom is 0.358 e. The lowest BCUT2D eigenvalue weighted by Gasteiger charge is -2.11. The van der Waals surface area contributed by atoms with E-state index in [0.29, 0.717) is 10.6 Å². The largest absolute Gasteiger partial charge is 0.451 e. The van der Waals surface area contributed by atoms with Gasteiger partial charge >= 0.3 is 5.97 Å². The fourth-order valence-electron chi connectivity index (χ4n) is 2.57. The van der Waals surface area contributed by atoms with Crippen molar-refractivity contribution in [2.45, 2.75) is 13.8 Å². The summed E-state index contributed by atoms with van der Waals surface area (Å²) < 4.78 is 5.01. The molecular weight excluding hydrogens is 394 g/mol. The number of thiazole rings is 1. The molecule has 0 atom stereocenters. The molecule has 0 aliphatic rings. The first-order valence-electron chi connectivity index (χ1n) is 8.59. The Labute approximate surface area is 170 Å². The lowest BCUT2D eigenvalue weighted by molar-refractivity contribution is -0.384. The number of ether oxygens (including phenoxy) is 1. The van der Waals surface area contributed by atoms with E-state index in [-0.39, 0.29) is 17.1 Å². The molecule has 1 heterocycles. The molecule has 2 aromatic carbocycles. The SMILES string of the molecule is Cc1ccc([N+](=O)[O-])c(NC(=O)COC(=O)c2csc(-c3ccccc3)n2)c1C. The molecule has 29 heavy (non-hydrogen) atoms. The third-order valence-electron chi connectivity index (χ3n) is 4.24. The molecule has 3 rings (SSSR count). The van der Waals surface area contributed by atoms with Crippen molar-refractivity contribution in [2.24, 2.45) is 0 Å². The summed E-state index contributed by atoms with van der Waals surface area (Å²) in [5.74, 6) is -1.41. The Morgan fingerprint density at radius 2 is 1.90 bits per heavy atom. The van der Waals surface area contributed by atoms with Crippen LogP contribution in [0, 0.1) is 24.0 Å². The molecule has 0 unspecified atom stereocenters. The van der Waals surface area contributed by atoms with Crippen molar-refractivity contribution in [3.05, 3.63) is 74.8 Å². The van der Waals surface area contributed by atoms with Gasteiger partial charge in [-0.05, 0) is 25.0 Å². The second-order valence-corrected chi connectivity index (χ2v) is 7.05. The number of aryl methyl sites for hydroxylation is 1. The first-order valence-corrected chi connectivity index (χ1v) is 9.47. The molecule has 8 nitrogen and oxygen atoms in total. The van der Waals surface area contributed by atoms with Crippen LogP contribution in [0.4, 0.5) is 11.4 Å². The van der Waals surface area contributed by atoms with Crippen LogP contribution < -0.4 is 5.32 Å². The summed E-state index contributed by atoms with van der Waals surface area (Å²) >= 11 is 1.29. The molecule has 1 N–H and O–H groups in total. The van der Waals surface area contributed by atoms with Crippen LogP contribution >= 0.6 is 11.3 Å². The number of anilines is 1. The zero-order valence-electron chi connectivity index (χ0n) is 15.7. The number of nitro benzene ring substituents is 1. The number of nitro groups is 1. The van der Waals surface area contributed by atoms with Gasteiger partial charge < -0.3 is 10.1 Å². The highest BCUT2D eigenvalue weighted by atomic mass is 32.1.